The highest BCUT2D eigenvalue weighted by atomic mass is 127. The third kappa shape index (κ3) is 6.48. The molecule has 1 aliphatic heterocycles. The van der Waals surface area contributed by atoms with Gasteiger partial charge < -0.3 is 16.0 Å². The minimum Gasteiger partial charge on any atom is -0.336 e. The molecule has 192 valence electrons. The summed E-state index contributed by atoms with van der Waals surface area (Å²) in [5, 5.41) is 8.32. The third-order valence-corrected chi connectivity index (χ3v) is 6.33. The minimum atomic E-state index is -4.55. The van der Waals surface area contributed by atoms with Crippen molar-refractivity contribution in [2.75, 3.05) is 10.6 Å². The Morgan fingerprint density at radius 2 is 1.78 bits per heavy atom. The zero-order valence-electron chi connectivity index (χ0n) is 20.0. The second-order valence-electron chi connectivity index (χ2n) is 8.86. The van der Waals surface area contributed by atoms with Crippen LogP contribution in [0.4, 0.5) is 29.3 Å². The number of anilines is 2. The fourth-order valence-corrected chi connectivity index (χ4v) is 4.50. The van der Waals surface area contributed by atoms with E-state index in [2.05, 4.69) is 38.5 Å². The van der Waals surface area contributed by atoms with Crippen LogP contribution in [0.1, 0.15) is 36.1 Å². The first-order chi connectivity index (χ1) is 17.5. The monoisotopic (exact) mass is 620 g/mol. The molecule has 1 atom stereocenters. The number of amides is 3. The van der Waals surface area contributed by atoms with Gasteiger partial charge in [-0.3, -0.25) is 9.79 Å². The molecule has 0 radical (unpaired) electrons. The van der Waals surface area contributed by atoms with Gasteiger partial charge in [0.15, 0.2) is 0 Å². The normalized spacial score (nSPS) is 15.4. The average molecular weight is 620 g/mol. The van der Waals surface area contributed by atoms with Gasteiger partial charge in [-0.25, -0.2) is 4.79 Å². The molecule has 3 amide bonds. The Kier molecular flexibility index (Phi) is 7.86. The topological polar surface area (TPSA) is 82.6 Å². The molecule has 0 spiro atoms. The Morgan fingerprint density at radius 1 is 1.08 bits per heavy atom. The number of benzodiazepines with no additional fused rings is 1. The highest BCUT2D eigenvalue weighted by Gasteiger charge is 2.35. The number of fused-ring (bicyclic) bond motifs is 1. The first-order valence-electron chi connectivity index (χ1n) is 11.5. The van der Waals surface area contributed by atoms with E-state index >= 15 is 0 Å². The summed E-state index contributed by atoms with van der Waals surface area (Å²) in [6, 6.07) is 16.1. The van der Waals surface area contributed by atoms with Crippen molar-refractivity contribution in [3.63, 3.8) is 0 Å². The molecular weight excluding hydrogens is 596 g/mol. The molecular formula is C27H24F3IN4O2. The first-order valence-corrected chi connectivity index (χ1v) is 12.6. The van der Waals surface area contributed by atoms with Crippen molar-refractivity contribution < 1.29 is 22.8 Å². The molecule has 0 bridgehead atoms. The number of halogens is 4. The van der Waals surface area contributed by atoms with Crippen LogP contribution in [0.2, 0.25) is 0 Å². The van der Waals surface area contributed by atoms with Gasteiger partial charge in [-0.1, -0.05) is 30.3 Å². The molecule has 0 aromatic heterocycles. The molecule has 1 heterocycles. The molecule has 0 aliphatic carbocycles. The van der Waals surface area contributed by atoms with Crippen LogP contribution in [0.25, 0.3) is 0 Å². The molecule has 1 unspecified atom stereocenters. The molecule has 0 fully saturated rings. The second-order valence-corrected chi connectivity index (χ2v) is 10.1. The summed E-state index contributed by atoms with van der Waals surface area (Å²) < 4.78 is 41.7. The van der Waals surface area contributed by atoms with Crippen molar-refractivity contribution in [2.45, 2.75) is 38.5 Å². The van der Waals surface area contributed by atoms with Gasteiger partial charge in [-0.2, -0.15) is 13.2 Å². The fraction of sp³-hybridized carbons (Fsp3) is 0.222. The molecule has 37 heavy (non-hydrogen) atoms. The zero-order chi connectivity index (χ0) is 26.7. The number of carbonyl (C=O) groups excluding carboxylic acids is 2. The van der Waals surface area contributed by atoms with E-state index in [1.807, 2.05) is 26.0 Å². The van der Waals surface area contributed by atoms with E-state index in [0.717, 1.165) is 9.64 Å². The van der Waals surface area contributed by atoms with Crippen LogP contribution in [0.5, 0.6) is 0 Å². The van der Waals surface area contributed by atoms with Crippen molar-refractivity contribution in [3.8, 4) is 0 Å². The molecule has 0 saturated heterocycles. The van der Waals surface area contributed by atoms with Gasteiger partial charge in [0.2, 0.25) is 5.91 Å². The lowest BCUT2D eigenvalue weighted by Gasteiger charge is -2.16. The van der Waals surface area contributed by atoms with Crippen LogP contribution in [0.3, 0.4) is 0 Å². The molecule has 1 aliphatic rings. The van der Waals surface area contributed by atoms with Crippen LogP contribution in [0, 0.1) is 3.57 Å². The van der Waals surface area contributed by atoms with Crippen LogP contribution in [-0.2, 0) is 17.4 Å². The number of alkyl halides is 3. The predicted molar refractivity (Wildman–Crippen MR) is 146 cm³/mol. The molecule has 3 N–H and O–H groups in total. The fourth-order valence-electron chi connectivity index (χ4n) is 4.01. The number of urea groups is 1. The summed E-state index contributed by atoms with van der Waals surface area (Å²) in [5.74, 6) is -0.488. The van der Waals surface area contributed by atoms with Crippen molar-refractivity contribution >= 4 is 51.6 Å². The Balaban J connectivity index is 1.73. The highest BCUT2D eigenvalue weighted by Crippen LogP contribution is 2.34. The number of hydrogen-bond donors (Lipinski definition) is 3. The summed E-state index contributed by atoms with van der Waals surface area (Å²) in [4.78, 5) is 29.8. The lowest BCUT2D eigenvalue weighted by molar-refractivity contribution is -0.138. The maximum atomic E-state index is 13.6. The summed E-state index contributed by atoms with van der Waals surface area (Å²) in [6.45, 7) is 3.70. The number of nitrogens with one attached hydrogen (secondary N) is 3. The van der Waals surface area contributed by atoms with E-state index in [-0.39, 0.29) is 24.1 Å². The van der Waals surface area contributed by atoms with Crippen LogP contribution < -0.4 is 16.0 Å². The second kappa shape index (κ2) is 10.9. The van der Waals surface area contributed by atoms with Gasteiger partial charge >= 0.3 is 12.2 Å². The quantitative estimate of drug-likeness (QED) is 0.295. The van der Waals surface area contributed by atoms with Gasteiger partial charge in [0.1, 0.15) is 6.04 Å². The Morgan fingerprint density at radius 3 is 2.46 bits per heavy atom. The van der Waals surface area contributed by atoms with Gasteiger partial charge in [0, 0.05) is 32.8 Å². The molecule has 3 aromatic rings. The number of nitrogens with zero attached hydrogens (tertiary/aromatic N) is 1. The van der Waals surface area contributed by atoms with E-state index in [1.165, 1.54) is 18.2 Å². The third-order valence-electron chi connectivity index (χ3n) is 5.65. The summed E-state index contributed by atoms with van der Waals surface area (Å²) in [6.07, 6.45) is -4.76. The van der Waals surface area contributed by atoms with E-state index in [1.54, 1.807) is 30.3 Å². The lowest BCUT2D eigenvalue weighted by Crippen LogP contribution is -2.34. The Labute approximate surface area is 225 Å². The van der Waals surface area contributed by atoms with E-state index in [9.17, 15) is 22.8 Å². The maximum Gasteiger partial charge on any atom is 0.416 e. The van der Waals surface area contributed by atoms with Crippen LogP contribution >= 0.6 is 22.6 Å². The first kappa shape index (κ1) is 26.6. The smallest absolute Gasteiger partial charge is 0.336 e. The van der Waals surface area contributed by atoms with E-state index in [4.69, 9.17) is 4.99 Å². The number of benzene rings is 3. The van der Waals surface area contributed by atoms with E-state index < -0.39 is 23.7 Å². The summed E-state index contributed by atoms with van der Waals surface area (Å²) >= 11 is 2.15. The zero-order valence-corrected chi connectivity index (χ0v) is 22.1. The Bertz CT molecular complexity index is 1350. The number of hydrogen-bond acceptors (Lipinski definition) is 3. The van der Waals surface area contributed by atoms with E-state index in [0.29, 0.717) is 28.2 Å². The van der Waals surface area contributed by atoms with Crippen molar-refractivity contribution in [1.29, 1.82) is 0 Å². The predicted octanol–water partition coefficient (Wildman–Crippen LogP) is 6.24. The molecule has 0 saturated carbocycles. The minimum absolute atomic E-state index is 0.00509. The summed E-state index contributed by atoms with van der Waals surface area (Å²) in [5.41, 5.74) is 2.08. The summed E-state index contributed by atoms with van der Waals surface area (Å²) in [7, 11) is 0. The molecule has 4 rings (SSSR count). The van der Waals surface area contributed by atoms with Gasteiger partial charge in [0.05, 0.1) is 17.0 Å². The van der Waals surface area contributed by atoms with Crippen molar-refractivity contribution in [2.24, 2.45) is 4.99 Å². The number of rotatable bonds is 5. The van der Waals surface area contributed by atoms with Gasteiger partial charge in [-0.15, -0.1) is 0 Å². The lowest BCUT2D eigenvalue weighted by atomic mass is 9.98. The number of aliphatic imine (C=N–C) groups is 1. The molecule has 3 aromatic carbocycles. The number of carbonyl (C=O) groups is 2. The largest absolute Gasteiger partial charge is 0.416 e. The SMILES string of the molecule is CC(C)NC(=O)Nc1ccc(C2=NC(Cc3ccccc3C(F)(F)F)C(=O)Nc3ccc(I)cc32)cc1. The van der Waals surface area contributed by atoms with Gasteiger partial charge in [-0.05, 0) is 78.4 Å². The van der Waals surface area contributed by atoms with Crippen LogP contribution in [-0.4, -0.2) is 29.7 Å². The van der Waals surface area contributed by atoms with Gasteiger partial charge in [0.25, 0.3) is 0 Å². The Hall–Kier alpha value is -3.41. The van der Waals surface area contributed by atoms with Crippen LogP contribution in [0.15, 0.2) is 71.7 Å². The van der Waals surface area contributed by atoms with Crippen molar-refractivity contribution in [3.05, 3.63) is 92.6 Å². The standard InChI is InChI=1S/C27H24F3IN4O2/c1-15(2)32-26(37)33-19-10-7-16(8-11-19)24-20-14-18(31)9-12-22(20)35-25(36)23(34-24)13-17-5-3-4-6-21(17)27(28,29)30/h3-12,14-15,23H,13H2,1-2H3,(H,35,36)(H2,32,33,37). The van der Waals surface area contributed by atoms with Crippen molar-refractivity contribution in [1.82, 2.24) is 5.32 Å². The molecule has 6 nitrogen and oxygen atoms in total. The molecule has 10 heteroatoms. The highest BCUT2D eigenvalue weighted by molar-refractivity contribution is 14.1. The average Bonchev–Trinajstić information content (AvgIpc) is 2.95. The maximum absolute atomic E-state index is 13.6.